The number of hydrogen-bond acceptors (Lipinski definition) is 3. The summed E-state index contributed by atoms with van der Waals surface area (Å²) in [5, 5.41) is 0.460. The Labute approximate surface area is 147 Å². The van der Waals surface area contributed by atoms with Crippen molar-refractivity contribution >= 4 is 11.6 Å². The van der Waals surface area contributed by atoms with Gasteiger partial charge in [0.05, 0.1) is 10.6 Å². The van der Waals surface area contributed by atoms with Gasteiger partial charge in [-0.25, -0.2) is 4.98 Å². The molecule has 0 spiro atoms. The first-order valence-corrected chi connectivity index (χ1v) is 7.73. The minimum atomic E-state index is -4.42. The molecule has 0 radical (unpaired) electrons. The molecule has 3 rings (SSSR count). The van der Waals surface area contributed by atoms with Crippen LogP contribution in [0, 0.1) is 6.92 Å². The van der Waals surface area contributed by atoms with Gasteiger partial charge in [0.1, 0.15) is 23.8 Å². The number of rotatable bonds is 4. The summed E-state index contributed by atoms with van der Waals surface area (Å²) in [5.41, 5.74) is -0.0102. The second kappa shape index (κ2) is 6.80. The summed E-state index contributed by atoms with van der Waals surface area (Å²) in [4.78, 5) is 4.25. The van der Waals surface area contributed by atoms with Crippen LogP contribution in [0.2, 0.25) is 5.02 Å². The van der Waals surface area contributed by atoms with Crippen LogP contribution in [0.5, 0.6) is 5.75 Å². The van der Waals surface area contributed by atoms with E-state index >= 15 is 0 Å². The molecule has 0 unspecified atom stereocenters. The Morgan fingerprint density at radius 1 is 1.12 bits per heavy atom. The van der Waals surface area contributed by atoms with E-state index in [0.717, 1.165) is 12.1 Å². The summed E-state index contributed by atoms with van der Waals surface area (Å²) < 4.78 is 49.6. The van der Waals surface area contributed by atoms with E-state index < -0.39 is 11.7 Å². The minimum absolute atomic E-state index is 0.0953. The molecule has 0 atom stereocenters. The standard InChI is InChI=1S/C18H13ClF3NO2/c1-11-15(10-24-16-8-3-2-7-14(16)19)23-17(25-11)12-5-4-6-13(9-12)18(20,21)22/h2-9H,10H2,1H3. The van der Waals surface area contributed by atoms with E-state index in [9.17, 15) is 13.2 Å². The van der Waals surface area contributed by atoms with E-state index in [1.807, 2.05) is 0 Å². The summed E-state index contributed by atoms with van der Waals surface area (Å²) in [7, 11) is 0. The molecule has 1 aromatic heterocycles. The molecular weight excluding hydrogens is 355 g/mol. The third-order valence-electron chi connectivity index (χ3n) is 3.53. The van der Waals surface area contributed by atoms with E-state index in [0.29, 0.717) is 22.2 Å². The molecule has 0 bridgehead atoms. The number of aryl methyl sites for hydroxylation is 1. The summed E-state index contributed by atoms with van der Waals surface area (Å²) in [5.74, 6) is 1.08. The fraction of sp³-hybridized carbons (Fsp3) is 0.167. The Morgan fingerprint density at radius 3 is 2.60 bits per heavy atom. The molecule has 1 heterocycles. The first-order chi connectivity index (χ1) is 11.8. The largest absolute Gasteiger partial charge is 0.486 e. The summed E-state index contributed by atoms with van der Waals surface area (Å²) in [6.45, 7) is 1.77. The maximum absolute atomic E-state index is 12.8. The molecule has 0 aliphatic carbocycles. The Hall–Kier alpha value is -2.47. The number of benzene rings is 2. The van der Waals surface area contributed by atoms with Gasteiger partial charge in [0.2, 0.25) is 5.89 Å². The topological polar surface area (TPSA) is 35.3 Å². The van der Waals surface area contributed by atoms with Crippen LogP contribution in [0.25, 0.3) is 11.5 Å². The van der Waals surface area contributed by atoms with Gasteiger partial charge in [0.15, 0.2) is 0 Å². The van der Waals surface area contributed by atoms with Gasteiger partial charge in [-0.1, -0.05) is 29.8 Å². The van der Waals surface area contributed by atoms with Crippen molar-refractivity contribution in [2.24, 2.45) is 0 Å². The molecule has 0 amide bonds. The second-order valence-electron chi connectivity index (χ2n) is 5.32. The number of nitrogens with zero attached hydrogens (tertiary/aromatic N) is 1. The highest BCUT2D eigenvalue weighted by atomic mass is 35.5. The zero-order valence-corrected chi connectivity index (χ0v) is 13.9. The highest BCUT2D eigenvalue weighted by molar-refractivity contribution is 6.32. The number of ether oxygens (including phenoxy) is 1. The van der Waals surface area contributed by atoms with Crippen molar-refractivity contribution in [2.75, 3.05) is 0 Å². The Kier molecular flexibility index (Phi) is 4.72. The van der Waals surface area contributed by atoms with Crippen LogP contribution in [-0.4, -0.2) is 4.98 Å². The van der Waals surface area contributed by atoms with Crippen LogP contribution >= 0.6 is 11.6 Å². The van der Waals surface area contributed by atoms with Crippen molar-refractivity contribution in [1.29, 1.82) is 0 Å². The van der Waals surface area contributed by atoms with Gasteiger partial charge in [-0.3, -0.25) is 0 Å². The zero-order chi connectivity index (χ0) is 18.0. The van der Waals surface area contributed by atoms with Crippen molar-refractivity contribution in [3.8, 4) is 17.2 Å². The van der Waals surface area contributed by atoms with Crippen LogP contribution in [0.15, 0.2) is 52.9 Å². The maximum atomic E-state index is 12.8. The quantitative estimate of drug-likeness (QED) is 0.575. The Balaban J connectivity index is 1.82. The molecule has 130 valence electrons. The molecule has 25 heavy (non-hydrogen) atoms. The van der Waals surface area contributed by atoms with Gasteiger partial charge >= 0.3 is 6.18 Å². The lowest BCUT2D eigenvalue weighted by atomic mass is 10.1. The molecule has 0 aliphatic heterocycles. The van der Waals surface area contributed by atoms with E-state index in [1.165, 1.54) is 12.1 Å². The highest BCUT2D eigenvalue weighted by Crippen LogP contribution is 2.32. The van der Waals surface area contributed by atoms with Gasteiger partial charge in [-0.05, 0) is 37.3 Å². The SMILES string of the molecule is Cc1oc(-c2cccc(C(F)(F)F)c2)nc1COc1ccccc1Cl. The van der Waals surface area contributed by atoms with Crippen LogP contribution < -0.4 is 4.74 Å². The van der Waals surface area contributed by atoms with E-state index in [-0.39, 0.29) is 18.1 Å². The van der Waals surface area contributed by atoms with Gasteiger partial charge in [-0.2, -0.15) is 13.2 Å². The first kappa shape index (κ1) is 17.4. The molecule has 0 saturated heterocycles. The highest BCUT2D eigenvalue weighted by Gasteiger charge is 2.30. The van der Waals surface area contributed by atoms with Crippen molar-refractivity contribution in [1.82, 2.24) is 4.98 Å². The average molecular weight is 368 g/mol. The van der Waals surface area contributed by atoms with E-state index in [4.69, 9.17) is 20.8 Å². The van der Waals surface area contributed by atoms with Crippen LogP contribution in [0.4, 0.5) is 13.2 Å². The Bertz CT molecular complexity index is 890. The normalized spacial score (nSPS) is 11.6. The third-order valence-corrected chi connectivity index (χ3v) is 3.84. The molecular formula is C18H13ClF3NO2. The predicted molar refractivity (Wildman–Crippen MR) is 87.5 cm³/mol. The lowest BCUT2D eigenvalue weighted by Gasteiger charge is -2.06. The maximum Gasteiger partial charge on any atom is 0.416 e. The number of halogens is 4. The molecule has 3 nitrogen and oxygen atoms in total. The van der Waals surface area contributed by atoms with Crippen LogP contribution in [0.3, 0.4) is 0 Å². The fourth-order valence-corrected chi connectivity index (χ4v) is 2.41. The minimum Gasteiger partial charge on any atom is -0.486 e. The molecule has 7 heteroatoms. The number of aromatic nitrogens is 1. The van der Waals surface area contributed by atoms with Crippen molar-refractivity contribution in [2.45, 2.75) is 19.7 Å². The summed E-state index contributed by atoms with van der Waals surface area (Å²) in [6.07, 6.45) is -4.42. The van der Waals surface area contributed by atoms with Crippen molar-refractivity contribution < 1.29 is 22.3 Å². The molecule has 3 aromatic rings. The monoisotopic (exact) mass is 367 g/mol. The van der Waals surface area contributed by atoms with Crippen molar-refractivity contribution in [3.63, 3.8) is 0 Å². The second-order valence-corrected chi connectivity index (χ2v) is 5.73. The lowest BCUT2D eigenvalue weighted by molar-refractivity contribution is -0.137. The number of oxazole rings is 1. The van der Waals surface area contributed by atoms with Gasteiger partial charge in [0, 0.05) is 5.56 Å². The van der Waals surface area contributed by atoms with Gasteiger partial charge in [0.25, 0.3) is 0 Å². The van der Waals surface area contributed by atoms with E-state index in [2.05, 4.69) is 4.98 Å². The smallest absolute Gasteiger partial charge is 0.416 e. The zero-order valence-electron chi connectivity index (χ0n) is 13.1. The molecule has 0 fully saturated rings. The summed E-state index contributed by atoms with van der Waals surface area (Å²) in [6, 6.07) is 11.8. The lowest BCUT2D eigenvalue weighted by Crippen LogP contribution is -2.04. The number of para-hydroxylation sites is 1. The molecule has 0 saturated carbocycles. The number of hydrogen-bond donors (Lipinski definition) is 0. The first-order valence-electron chi connectivity index (χ1n) is 7.36. The van der Waals surface area contributed by atoms with Gasteiger partial charge in [-0.15, -0.1) is 0 Å². The van der Waals surface area contributed by atoms with Crippen LogP contribution in [0.1, 0.15) is 17.0 Å². The van der Waals surface area contributed by atoms with Gasteiger partial charge < -0.3 is 9.15 Å². The third kappa shape index (κ3) is 3.96. The molecule has 2 aromatic carbocycles. The van der Waals surface area contributed by atoms with E-state index in [1.54, 1.807) is 31.2 Å². The number of alkyl halides is 3. The fourth-order valence-electron chi connectivity index (χ4n) is 2.22. The van der Waals surface area contributed by atoms with Crippen LogP contribution in [-0.2, 0) is 12.8 Å². The molecule has 0 aliphatic rings. The average Bonchev–Trinajstić information content (AvgIpc) is 2.94. The Morgan fingerprint density at radius 2 is 1.88 bits per heavy atom. The van der Waals surface area contributed by atoms with Crippen molar-refractivity contribution in [3.05, 3.63) is 70.6 Å². The summed E-state index contributed by atoms with van der Waals surface area (Å²) >= 11 is 6.02. The predicted octanol–water partition coefficient (Wildman–Crippen LogP) is 5.90. The molecule has 0 N–H and O–H groups in total.